The maximum Gasteiger partial charge on any atom is 0.309 e. The molecule has 0 aromatic rings. The SMILES string of the molecule is COCCOC1CCCCCC1C(=O)O. The lowest BCUT2D eigenvalue weighted by molar-refractivity contribution is -0.148. The maximum atomic E-state index is 11.0. The molecule has 1 N–H and O–H groups in total. The zero-order valence-electron chi connectivity index (χ0n) is 9.28. The smallest absolute Gasteiger partial charge is 0.309 e. The third-order valence-corrected chi connectivity index (χ3v) is 2.89. The first-order valence-corrected chi connectivity index (χ1v) is 5.59. The summed E-state index contributed by atoms with van der Waals surface area (Å²) < 4.78 is 10.5. The van der Waals surface area contributed by atoms with E-state index in [0.29, 0.717) is 13.2 Å². The molecule has 0 aromatic heterocycles. The van der Waals surface area contributed by atoms with Crippen molar-refractivity contribution in [1.29, 1.82) is 0 Å². The van der Waals surface area contributed by atoms with Gasteiger partial charge in [0.15, 0.2) is 0 Å². The number of hydrogen-bond donors (Lipinski definition) is 1. The number of carboxylic acid groups (broad SMARTS) is 1. The molecule has 4 heteroatoms. The van der Waals surface area contributed by atoms with Crippen LogP contribution in [-0.4, -0.2) is 37.5 Å². The molecule has 0 bridgehead atoms. The number of ether oxygens (including phenoxy) is 2. The molecule has 4 nitrogen and oxygen atoms in total. The number of rotatable bonds is 5. The van der Waals surface area contributed by atoms with Crippen LogP contribution in [0.1, 0.15) is 32.1 Å². The highest BCUT2D eigenvalue weighted by Gasteiger charge is 2.29. The number of aliphatic carboxylic acids is 1. The number of carboxylic acids is 1. The van der Waals surface area contributed by atoms with Gasteiger partial charge in [-0.15, -0.1) is 0 Å². The summed E-state index contributed by atoms with van der Waals surface area (Å²) in [5, 5.41) is 9.08. The lowest BCUT2D eigenvalue weighted by atomic mass is 9.97. The molecular weight excluding hydrogens is 196 g/mol. The van der Waals surface area contributed by atoms with Crippen molar-refractivity contribution in [3.05, 3.63) is 0 Å². The van der Waals surface area contributed by atoms with Crippen LogP contribution >= 0.6 is 0 Å². The molecule has 2 unspecified atom stereocenters. The summed E-state index contributed by atoms with van der Waals surface area (Å²) in [5.74, 6) is -1.05. The van der Waals surface area contributed by atoms with Crippen molar-refractivity contribution in [2.75, 3.05) is 20.3 Å². The van der Waals surface area contributed by atoms with E-state index in [1.54, 1.807) is 7.11 Å². The molecule has 1 aliphatic rings. The van der Waals surface area contributed by atoms with Crippen LogP contribution in [-0.2, 0) is 14.3 Å². The maximum absolute atomic E-state index is 11.0. The van der Waals surface area contributed by atoms with E-state index in [-0.39, 0.29) is 12.0 Å². The fraction of sp³-hybridized carbons (Fsp3) is 0.909. The standard InChI is InChI=1S/C11H20O4/c1-14-7-8-15-10-6-4-2-3-5-9(10)11(12)13/h9-10H,2-8H2,1H3,(H,12,13). The topological polar surface area (TPSA) is 55.8 Å². The fourth-order valence-corrected chi connectivity index (χ4v) is 2.04. The fourth-order valence-electron chi connectivity index (χ4n) is 2.04. The molecule has 1 rings (SSSR count). The lowest BCUT2D eigenvalue weighted by Gasteiger charge is -2.21. The van der Waals surface area contributed by atoms with Crippen molar-refractivity contribution >= 4 is 5.97 Å². The molecule has 0 saturated heterocycles. The molecule has 0 aliphatic heterocycles. The quantitative estimate of drug-likeness (QED) is 0.561. The average Bonchev–Trinajstić information content (AvgIpc) is 2.43. The van der Waals surface area contributed by atoms with Gasteiger partial charge in [-0.05, 0) is 12.8 Å². The number of methoxy groups -OCH3 is 1. The average molecular weight is 216 g/mol. The Bertz CT molecular complexity index is 193. The van der Waals surface area contributed by atoms with Gasteiger partial charge in [0.2, 0.25) is 0 Å². The van der Waals surface area contributed by atoms with Gasteiger partial charge >= 0.3 is 5.97 Å². The van der Waals surface area contributed by atoms with Crippen LogP contribution in [0.15, 0.2) is 0 Å². The largest absolute Gasteiger partial charge is 0.481 e. The van der Waals surface area contributed by atoms with E-state index in [0.717, 1.165) is 32.1 Å². The summed E-state index contributed by atoms with van der Waals surface area (Å²) in [4.78, 5) is 11.0. The van der Waals surface area contributed by atoms with Crippen molar-refractivity contribution in [3.63, 3.8) is 0 Å². The van der Waals surface area contributed by atoms with E-state index in [1.165, 1.54) is 0 Å². The molecule has 0 heterocycles. The van der Waals surface area contributed by atoms with Crippen LogP contribution in [0.5, 0.6) is 0 Å². The second-order valence-electron chi connectivity index (χ2n) is 3.98. The Morgan fingerprint density at radius 1 is 1.27 bits per heavy atom. The predicted molar refractivity (Wildman–Crippen MR) is 55.8 cm³/mol. The van der Waals surface area contributed by atoms with Gasteiger partial charge in [-0.25, -0.2) is 0 Å². The van der Waals surface area contributed by atoms with Crippen LogP contribution in [0, 0.1) is 5.92 Å². The molecule has 1 fully saturated rings. The van der Waals surface area contributed by atoms with Crippen LogP contribution in [0.25, 0.3) is 0 Å². The predicted octanol–water partition coefficient (Wildman–Crippen LogP) is 1.68. The first-order chi connectivity index (χ1) is 7.25. The third kappa shape index (κ3) is 4.18. The minimum Gasteiger partial charge on any atom is -0.481 e. The minimum absolute atomic E-state index is 0.125. The highest BCUT2D eigenvalue weighted by Crippen LogP contribution is 2.26. The van der Waals surface area contributed by atoms with Gasteiger partial charge in [-0.3, -0.25) is 4.79 Å². The normalized spacial score (nSPS) is 27.3. The second kappa shape index (κ2) is 6.80. The van der Waals surface area contributed by atoms with Gasteiger partial charge < -0.3 is 14.6 Å². The van der Waals surface area contributed by atoms with Crippen molar-refractivity contribution in [3.8, 4) is 0 Å². The summed E-state index contributed by atoms with van der Waals surface area (Å²) in [5.41, 5.74) is 0. The zero-order valence-corrected chi connectivity index (χ0v) is 9.28. The van der Waals surface area contributed by atoms with Crippen LogP contribution in [0.3, 0.4) is 0 Å². The molecule has 1 aliphatic carbocycles. The Hall–Kier alpha value is -0.610. The molecule has 15 heavy (non-hydrogen) atoms. The Kier molecular flexibility index (Phi) is 5.65. The van der Waals surface area contributed by atoms with Crippen molar-refractivity contribution in [2.45, 2.75) is 38.2 Å². The van der Waals surface area contributed by atoms with Gasteiger partial charge in [0, 0.05) is 7.11 Å². The second-order valence-corrected chi connectivity index (χ2v) is 3.98. The highest BCUT2D eigenvalue weighted by atomic mass is 16.5. The van der Waals surface area contributed by atoms with Gasteiger partial charge in [0.1, 0.15) is 0 Å². The van der Waals surface area contributed by atoms with Gasteiger partial charge in [0.25, 0.3) is 0 Å². The molecule has 0 radical (unpaired) electrons. The van der Waals surface area contributed by atoms with E-state index in [9.17, 15) is 4.79 Å². The molecule has 2 atom stereocenters. The molecule has 0 aromatic carbocycles. The monoisotopic (exact) mass is 216 g/mol. The van der Waals surface area contributed by atoms with E-state index >= 15 is 0 Å². The third-order valence-electron chi connectivity index (χ3n) is 2.89. The Labute approximate surface area is 90.6 Å². The van der Waals surface area contributed by atoms with Gasteiger partial charge in [0.05, 0.1) is 25.2 Å². The summed E-state index contributed by atoms with van der Waals surface area (Å²) in [7, 11) is 1.62. The summed E-state index contributed by atoms with van der Waals surface area (Å²) in [6.07, 6.45) is 4.67. The Morgan fingerprint density at radius 2 is 2.00 bits per heavy atom. The van der Waals surface area contributed by atoms with Crippen LogP contribution < -0.4 is 0 Å². The van der Waals surface area contributed by atoms with Gasteiger partial charge in [-0.2, -0.15) is 0 Å². The lowest BCUT2D eigenvalue weighted by Crippen LogP contribution is -2.30. The molecule has 1 saturated carbocycles. The van der Waals surface area contributed by atoms with E-state index in [2.05, 4.69) is 0 Å². The number of carbonyl (C=O) groups is 1. The first-order valence-electron chi connectivity index (χ1n) is 5.59. The number of hydrogen-bond acceptors (Lipinski definition) is 3. The van der Waals surface area contributed by atoms with Crippen LogP contribution in [0.4, 0.5) is 0 Å². The Balaban J connectivity index is 2.43. The van der Waals surface area contributed by atoms with Gasteiger partial charge in [-0.1, -0.05) is 19.3 Å². The minimum atomic E-state index is -0.723. The molecule has 88 valence electrons. The summed E-state index contributed by atoms with van der Waals surface area (Å²) in [6, 6.07) is 0. The molecule has 0 spiro atoms. The molecular formula is C11H20O4. The Morgan fingerprint density at radius 3 is 2.67 bits per heavy atom. The van der Waals surface area contributed by atoms with E-state index < -0.39 is 5.97 Å². The first kappa shape index (κ1) is 12.5. The summed E-state index contributed by atoms with van der Waals surface area (Å²) in [6.45, 7) is 1.02. The zero-order chi connectivity index (χ0) is 11.1. The molecule has 0 amide bonds. The summed E-state index contributed by atoms with van der Waals surface area (Å²) >= 11 is 0. The van der Waals surface area contributed by atoms with Crippen molar-refractivity contribution in [1.82, 2.24) is 0 Å². The van der Waals surface area contributed by atoms with Crippen LogP contribution in [0.2, 0.25) is 0 Å². The van der Waals surface area contributed by atoms with Crippen molar-refractivity contribution in [2.24, 2.45) is 5.92 Å². The van der Waals surface area contributed by atoms with Crippen molar-refractivity contribution < 1.29 is 19.4 Å². The highest BCUT2D eigenvalue weighted by molar-refractivity contribution is 5.70. The van der Waals surface area contributed by atoms with E-state index in [4.69, 9.17) is 14.6 Å². The van der Waals surface area contributed by atoms with E-state index in [1.807, 2.05) is 0 Å².